The number of nitrogens with one attached hydrogen (secondary N) is 1. The monoisotopic (exact) mass is 568 g/mol. The number of piperazine rings is 1. The van der Waals surface area contributed by atoms with Crippen molar-refractivity contribution in [3.63, 3.8) is 0 Å². The van der Waals surface area contributed by atoms with Gasteiger partial charge < -0.3 is 4.90 Å². The number of imide groups is 2. The first-order valence-corrected chi connectivity index (χ1v) is 14.5. The third kappa shape index (κ3) is 4.51. The van der Waals surface area contributed by atoms with Gasteiger partial charge in [0.1, 0.15) is 6.04 Å². The molecule has 208 valence electrons. The smallest absolute Gasteiger partial charge is 0.262 e. The van der Waals surface area contributed by atoms with Crippen LogP contribution in [0.5, 0.6) is 0 Å². The lowest BCUT2D eigenvalue weighted by Gasteiger charge is -2.43. The number of carbonyl (C=O) groups is 4. The number of rotatable bonds is 5. The van der Waals surface area contributed by atoms with E-state index in [1.807, 2.05) is 24.3 Å². The molecule has 41 heavy (non-hydrogen) atoms. The Hall–Kier alpha value is -4.01. The van der Waals surface area contributed by atoms with Gasteiger partial charge in [-0.1, -0.05) is 48.0 Å². The van der Waals surface area contributed by atoms with Crippen molar-refractivity contribution in [2.45, 2.75) is 50.4 Å². The van der Waals surface area contributed by atoms with Gasteiger partial charge in [-0.15, -0.1) is 0 Å². The molecule has 3 aromatic carbocycles. The van der Waals surface area contributed by atoms with E-state index in [1.165, 1.54) is 11.1 Å². The molecule has 3 atom stereocenters. The van der Waals surface area contributed by atoms with Crippen molar-refractivity contribution in [2.24, 2.45) is 0 Å². The van der Waals surface area contributed by atoms with Crippen molar-refractivity contribution in [3.05, 3.63) is 88.4 Å². The van der Waals surface area contributed by atoms with Crippen molar-refractivity contribution in [1.29, 1.82) is 0 Å². The molecule has 7 rings (SSSR count). The summed E-state index contributed by atoms with van der Waals surface area (Å²) in [5, 5.41) is 2.97. The van der Waals surface area contributed by atoms with Crippen LogP contribution in [0, 0.1) is 0 Å². The molecular weight excluding hydrogens is 540 g/mol. The van der Waals surface area contributed by atoms with Gasteiger partial charge in [-0.2, -0.15) is 0 Å². The number of halogens is 1. The Morgan fingerprint density at radius 3 is 2.22 bits per heavy atom. The Morgan fingerprint density at radius 2 is 1.49 bits per heavy atom. The van der Waals surface area contributed by atoms with Crippen molar-refractivity contribution in [3.8, 4) is 11.1 Å². The summed E-state index contributed by atoms with van der Waals surface area (Å²) in [6.45, 7) is 2.65. The number of benzene rings is 3. The molecule has 8 nitrogen and oxygen atoms in total. The molecule has 9 heteroatoms. The number of amides is 4. The van der Waals surface area contributed by atoms with Gasteiger partial charge in [-0.25, -0.2) is 0 Å². The summed E-state index contributed by atoms with van der Waals surface area (Å²) in [7, 11) is 0. The summed E-state index contributed by atoms with van der Waals surface area (Å²) in [5.41, 5.74) is 5.21. The Morgan fingerprint density at radius 1 is 0.780 bits per heavy atom. The predicted molar refractivity (Wildman–Crippen MR) is 155 cm³/mol. The fraction of sp³-hybridized carbons (Fsp3) is 0.312. The molecule has 4 aliphatic rings. The minimum atomic E-state index is -0.959. The topological polar surface area (TPSA) is 90.0 Å². The average Bonchev–Trinajstić information content (AvgIpc) is 3.38. The van der Waals surface area contributed by atoms with Gasteiger partial charge >= 0.3 is 0 Å². The SMILES string of the molecule is O=C1CCC(N2C(=O)c3ccc(N4C5CCC4CN(Cc4ccccc4-c4ccc(Cl)cc4)C5)cc3C2=O)C(=O)N1. The lowest BCUT2D eigenvalue weighted by atomic mass is 9.98. The third-order valence-electron chi connectivity index (χ3n) is 8.85. The van der Waals surface area contributed by atoms with Crippen LogP contribution in [0.25, 0.3) is 11.1 Å². The summed E-state index contributed by atoms with van der Waals surface area (Å²) >= 11 is 6.12. The number of likely N-dealkylation sites (tertiary alicyclic amines) is 1. The molecule has 3 aromatic rings. The first-order valence-electron chi connectivity index (χ1n) is 14.1. The van der Waals surface area contributed by atoms with Crippen LogP contribution in [-0.4, -0.2) is 64.6 Å². The molecule has 3 saturated heterocycles. The van der Waals surface area contributed by atoms with Crippen LogP contribution in [0.15, 0.2) is 66.7 Å². The summed E-state index contributed by atoms with van der Waals surface area (Å²) in [6.07, 6.45) is 2.38. The Labute approximate surface area is 242 Å². The van der Waals surface area contributed by atoms with E-state index >= 15 is 0 Å². The van der Waals surface area contributed by atoms with E-state index in [4.69, 9.17) is 11.6 Å². The number of carbonyl (C=O) groups excluding carboxylic acids is 4. The molecule has 0 aromatic heterocycles. The van der Waals surface area contributed by atoms with Crippen LogP contribution in [0.2, 0.25) is 5.02 Å². The van der Waals surface area contributed by atoms with Gasteiger partial charge in [0, 0.05) is 48.8 Å². The van der Waals surface area contributed by atoms with Gasteiger partial charge in [-0.3, -0.25) is 34.3 Å². The quantitative estimate of drug-likeness (QED) is 0.463. The Bertz CT molecular complexity index is 1570. The van der Waals surface area contributed by atoms with Crippen LogP contribution in [0.1, 0.15) is 52.0 Å². The maximum Gasteiger partial charge on any atom is 0.262 e. The molecule has 0 aliphatic carbocycles. The van der Waals surface area contributed by atoms with Gasteiger partial charge in [-0.05, 0) is 66.3 Å². The number of hydrogen-bond donors (Lipinski definition) is 1. The molecule has 2 bridgehead atoms. The molecule has 4 heterocycles. The molecule has 0 spiro atoms. The summed E-state index contributed by atoms with van der Waals surface area (Å²) < 4.78 is 0. The largest absolute Gasteiger partial charge is 0.363 e. The highest BCUT2D eigenvalue weighted by Gasteiger charge is 2.46. The Kier molecular flexibility index (Phi) is 6.40. The number of piperidine rings is 1. The molecule has 1 N–H and O–H groups in total. The van der Waals surface area contributed by atoms with Crippen molar-refractivity contribution < 1.29 is 19.2 Å². The molecule has 0 saturated carbocycles. The highest BCUT2D eigenvalue weighted by Crippen LogP contribution is 2.38. The van der Waals surface area contributed by atoms with Crippen LogP contribution in [0.3, 0.4) is 0 Å². The number of nitrogens with zero attached hydrogens (tertiary/aromatic N) is 3. The van der Waals surface area contributed by atoms with Crippen LogP contribution >= 0.6 is 11.6 Å². The molecule has 0 radical (unpaired) electrons. The van der Waals surface area contributed by atoms with E-state index in [2.05, 4.69) is 51.5 Å². The van der Waals surface area contributed by atoms with E-state index in [-0.39, 0.29) is 18.7 Å². The van der Waals surface area contributed by atoms with Crippen LogP contribution in [0.4, 0.5) is 5.69 Å². The lowest BCUT2D eigenvalue weighted by Crippen LogP contribution is -2.54. The minimum absolute atomic E-state index is 0.104. The van der Waals surface area contributed by atoms with Gasteiger partial charge in [0.05, 0.1) is 11.1 Å². The fourth-order valence-corrected chi connectivity index (χ4v) is 7.10. The second-order valence-corrected chi connectivity index (χ2v) is 11.8. The predicted octanol–water partition coefficient (Wildman–Crippen LogP) is 4.26. The first-order chi connectivity index (χ1) is 19.9. The van der Waals surface area contributed by atoms with E-state index < -0.39 is 23.8 Å². The second-order valence-electron chi connectivity index (χ2n) is 11.3. The molecule has 3 unspecified atom stereocenters. The van der Waals surface area contributed by atoms with Gasteiger partial charge in [0.25, 0.3) is 11.8 Å². The number of fused-ring (bicyclic) bond motifs is 3. The van der Waals surface area contributed by atoms with Crippen molar-refractivity contribution in [2.75, 3.05) is 18.0 Å². The van der Waals surface area contributed by atoms with E-state index in [0.29, 0.717) is 23.2 Å². The van der Waals surface area contributed by atoms with Gasteiger partial charge in [0.15, 0.2) is 0 Å². The molecular formula is C32H29ClN4O4. The molecule has 3 fully saturated rings. The normalized spacial score (nSPS) is 24.2. The fourth-order valence-electron chi connectivity index (χ4n) is 6.97. The number of hydrogen-bond acceptors (Lipinski definition) is 6. The second kappa shape index (κ2) is 10.1. The maximum atomic E-state index is 13.4. The summed E-state index contributed by atoms with van der Waals surface area (Å²) in [4.78, 5) is 56.5. The zero-order valence-corrected chi connectivity index (χ0v) is 23.1. The van der Waals surface area contributed by atoms with E-state index in [9.17, 15) is 19.2 Å². The highest BCUT2D eigenvalue weighted by molar-refractivity contribution is 6.30. The zero-order chi connectivity index (χ0) is 28.2. The average molecular weight is 569 g/mol. The summed E-state index contributed by atoms with van der Waals surface area (Å²) in [5.74, 6) is -1.92. The Balaban J connectivity index is 1.09. The standard InChI is InChI=1S/C32H29ClN4O4/c33-21-7-5-19(6-8-21)25-4-2-1-3-20(25)16-35-17-23-9-10-24(18-35)36(23)22-11-12-26-27(15-22)32(41)37(31(26)40)28-13-14-29(38)34-30(28)39/h1-8,11-12,15,23-24,28H,9-10,13-14,16-18H2,(H,34,38,39). The zero-order valence-electron chi connectivity index (χ0n) is 22.4. The van der Waals surface area contributed by atoms with Crippen molar-refractivity contribution in [1.82, 2.24) is 15.1 Å². The third-order valence-corrected chi connectivity index (χ3v) is 9.10. The van der Waals surface area contributed by atoms with Crippen LogP contribution in [-0.2, 0) is 16.1 Å². The van der Waals surface area contributed by atoms with E-state index in [1.54, 1.807) is 6.07 Å². The van der Waals surface area contributed by atoms with Gasteiger partial charge in [0.2, 0.25) is 11.8 Å². The van der Waals surface area contributed by atoms with Crippen LogP contribution < -0.4 is 10.2 Å². The maximum absolute atomic E-state index is 13.4. The highest BCUT2D eigenvalue weighted by atomic mass is 35.5. The number of anilines is 1. The lowest BCUT2D eigenvalue weighted by molar-refractivity contribution is -0.136. The minimum Gasteiger partial charge on any atom is -0.363 e. The molecule has 4 amide bonds. The summed E-state index contributed by atoms with van der Waals surface area (Å²) in [6, 6.07) is 21.6. The van der Waals surface area contributed by atoms with Crippen molar-refractivity contribution >= 4 is 40.9 Å². The first kappa shape index (κ1) is 25.9. The molecule has 4 aliphatic heterocycles. The van der Waals surface area contributed by atoms with E-state index in [0.717, 1.165) is 53.6 Å².